The Morgan fingerprint density at radius 1 is 1.43 bits per heavy atom. The van der Waals surface area contributed by atoms with Gasteiger partial charge in [0, 0.05) is 13.7 Å². The summed E-state index contributed by atoms with van der Waals surface area (Å²) in [7, 11) is 1.75. The van der Waals surface area contributed by atoms with E-state index in [1.807, 2.05) is 24.3 Å². The van der Waals surface area contributed by atoms with E-state index in [-0.39, 0.29) is 6.23 Å². The number of ether oxygens (including phenoxy) is 1. The minimum atomic E-state index is 0.190. The Kier molecular flexibility index (Phi) is 2.94. The predicted octanol–water partition coefficient (Wildman–Crippen LogP) is 2.91. The Labute approximate surface area is 89.4 Å². The van der Waals surface area contributed by atoms with Crippen molar-refractivity contribution in [1.29, 1.82) is 0 Å². The third-order valence-electron chi connectivity index (χ3n) is 2.63. The van der Waals surface area contributed by atoms with Crippen molar-refractivity contribution in [2.45, 2.75) is 19.1 Å². The summed E-state index contributed by atoms with van der Waals surface area (Å²) in [5.74, 6) is 0. The monoisotopic (exact) mass is 211 g/mol. The van der Waals surface area contributed by atoms with Crippen LogP contribution in [-0.4, -0.2) is 19.9 Å². The zero-order chi connectivity index (χ0) is 9.97. The van der Waals surface area contributed by atoms with Crippen LogP contribution in [-0.2, 0) is 4.74 Å². The Morgan fingerprint density at radius 3 is 2.93 bits per heavy atom. The molecule has 0 radical (unpaired) electrons. The molecule has 0 aromatic heterocycles. The molecule has 0 saturated carbocycles. The Morgan fingerprint density at radius 2 is 2.21 bits per heavy atom. The van der Waals surface area contributed by atoms with Gasteiger partial charge in [-0.2, -0.15) is 0 Å². The predicted molar refractivity (Wildman–Crippen MR) is 58.8 cm³/mol. The lowest BCUT2D eigenvalue weighted by Crippen LogP contribution is -2.30. The number of rotatable bonds is 2. The molecule has 3 heteroatoms. The quantitative estimate of drug-likeness (QED) is 0.746. The molecule has 0 aliphatic carbocycles. The number of hydrogen-bond acceptors (Lipinski definition) is 2. The molecular formula is C11H14ClNO. The van der Waals surface area contributed by atoms with Crippen molar-refractivity contribution in [2.75, 3.05) is 18.6 Å². The van der Waals surface area contributed by atoms with Gasteiger partial charge in [0.1, 0.15) is 6.23 Å². The summed E-state index contributed by atoms with van der Waals surface area (Å²) in [6.07, 6.45) is 2.45. The number of halogens is 1. The molecule has 2 rings (SSSR count). The van der Waals surface area contributed by atoms with Crippen LogP contribution in [0.3, 0.4) is 0 Å². The summed E-state index contributed by atoms with van der Waals surface area (Å²) in [4.78, 5) is 2.22. The van der Waals surface area contributed by atoms with E-state index in [4.69, 9.17) is 16.3 Å². The van der Waals surface area contributed by atoms with Crippen molar-refractivity contribution in [2.24, 2.45) is 0 Å². The first-order valence-corrected chi connectivity index (χ1v) is 5.24. The second kappa shape index (κ2) is 4.20. The maximum absolute atomic E-state index is 6.13. The smallest absolute Gasteiger partial charge is 0.129 e. The van der Waals surface area contributed by atoms with Crippen LogP contribution in [0.1, 0.15) is 12.8 Å². The van der Waals surface area contributed by atoms with Crippen LogP contribution in [0, 0.1) is 0 Å². The average molecular weight is 212 g/mol. The van der Waals surface area contributed by atoms with Gasteiger partial charge < -0.3 is 9.64 Å². The molecule has 1 aliphatic heterocycles. The van der Waals surface area contributed by atoms with E-state index in [1.165, 1.54) is 6.42 Å². The third-order valence-corrected chi connectivity index (χ3v) is 2.95. The topological polar surface area (TPSA) is 12.5 Å². The molecule has 1 heterocycles. The standard InChI is InChI=1S/C11H14ClNO/c1-14-11-7-4-8-13(11)10-6-3-2-5-9(10)12/h2-3,5-6,11H,4,7-8H2,1H3. The van der Waals surface area contributed by atoms with Gasteiger partial charge in [-0.25, -0.2) is 0 Å². The molecule has 1 aromatic rings. The lowest BCUT2D eigenvalue weighted by atomic mass is 10.3. The van der Waals surface area contributed by atoms with Gasteiger partial charge in [0.25, 0.3) is 0 Å². The van der Waals surface area contributed by atoms with Crippen molar-refractivity contribution in [3.63, 3.8) is 0 Å². The van der Waals surface area contributed by atoms with E-state index in [9.17, 15) is 0 Å². The maximum Gasteiger partial charge on any atom is 0.129 e. The fourth-order valence-electron chi connectivity index (χ4n) is 1.94. The van der Waals surface area contributed by atoms with Gasteiger partial charge in [0.05, 0.1) is 10.7 Å². The van der Waals surface area contributed by atoms with Gasteiger partial charge in [-0.05, 0) is 25.0 Å². The number of hydrogen-bond donors (Lipinski definition) is 0. The van der Waals surface area contributed by atoms with Crippen molar-refractivity contribution in [1.82, 2.24) is 0 Å². The Bertz CT molecular complexity index is 316. The molecule has 1 unspecified atom stereocenters. The normalized spacial score (nSPS) is 21.6. The lowest BCUT2D eigenvalue weighted by Gasteiger charge is -2.26. The zero-order valence-corrected chi connectivity index (χ0v) is 9.00. The highest BCUT2D eigenvalue weighted by molar-refractivity contribution is 6.33. The zero-order valence-electron chi connectivity index (χ0n) is 8.24. The Balaban J connectivity index is 2.26. The summed E-state index contributed by atoms with van der Waals surface area (Å²) in [5, 5.41) is 0.802. The van der Waals surface area contributed by atoms with Crippen molar-refractivity contribution < 1.29 is 4.74 Å². The van der Waals surface area contributed by atoms with Crippen LogP contribution < -0.4 is 4.90 Å². The molecule has 1 fully saturated rings. The molecule has 14 heavy (non-hydrogen) atoms. The van der Waals surface area contributed by atoms with Crippen LogP contribution >= 0.6 is 11.6 Å². The van der Waals surface area contributed by atoms with E-state index in [2.05, 4.69) is 4.90 Å². The molecule has 0 N–H and O–H groups in total. The molecule has 0 amide bonds. The molecule has 2 nitrogen and oxygen atoms in total. The highest BCUT2D eigenvalue weighted by atomic mass is 35.5. The minimum Gasteiger partial charge on any atom is -0.362 e. The minimum absolute atomic E-state index is 0.190. The second-order valence-electron chi connectivity index (χ2n) is 3.48. The van der Waals surface area contributed by atoms with E-state index < -0.39 is 0 Å². The van der Waals surface area contributed by atoms with E-state index in [1.54, 1.807) is 7.11 Å². The highest BCUT2D eigenvalue weighted by Crippen LogP contribution is 2.31. The second-order valence-corrected chi connectivity index (χ2v) is 3.88. The van der Waals surface area contributed by atoms with Crippen LogP contribution in [0.2, 0.25) is 5.02 Å². The van der Waals surface area contributed by atoms with Gasteiger partial charge in [-0.3, -0.25) is 0 Å². The number of nitrogens with zero attached hydrogens (tertiary/aromatic N) is 1. The highest BCUT2D eigenvalue weighted by Gasteiger charge is 2.25. The molecule has 1 aliphatic rings. The summed E-state index contributed by atoms with van der Waals surface area (Å²) in [6.45, 7) is 1.03. The molecule has 0 bridgehead atoms. The van der Waals surface area contributed by atoms with E-state index in [0.717, 1.165) is 23.7 Å². The molecule has 1 aromatic carbocycles. The van der Waals surface area contributed by atoms with Crippen molar-refractivity contribution in [3.8, 4) is 0 Å². The number of anilines is 1. The molecule has 1 saturated heterocycles. The number of para-hydroxylation sites is 1. The van der Waals surface area contributed by atoms with Gasteiger partial charge in [-0.1, -0.05) is 23.7 Å². The SMILES string of the molecule is COC1CCCN1c1ccccc1Cl. The van der Waals surface area contributed by atoms with Crippen molar-refractivity contribution >= 4 is 17.3 Å². The van der Waals surface area contributed by atoms with E-state index >= 15 is 0 Å². The molecule has 76 valence electrons. The Hall–Kier alpha value is -0.730. The van der Waals surface area contributed by atoms with Crippen molar-refractivity contribution in [3.05, 3.63) is 29.3 Å². The summed E-state index contributed by atoms with van der Waals surface area (Å²) in [5.41, 5.74) is 1.08. The van der Waals surface area contributed by atoms with Gasteiger partial charge in [0.15, 0.2) is 0 Å². The summed E-state index contributed by atoms with van der Waals surface area (Å²) < 4.78 is 5.40. The van der Waals surface area contributed by atoms with Gasteiger partial charge >= 0.3 is 0 Å². The first-order chi connectivity index (χ1) is 6.83. The third kappa shape index (κ3) is 1.72. The molecule has 0 spiro atoms. The summed E-state index contributed by atoms with van der Waals surface area (Å²) in [6, 6.07) is 7.91. The van der Waals surface area contributed by atoms with E-state index in [0.29, 0.717) is 0 Å². The lowest BCUT2D eigenvalue weighted by molar-refractivity contribution is 0.111. The largest absolute Gasteiger partial charge is 0.362 e. The maximum atomic E-state index is 6.13. The average Bonchev–Trinajstić information content (AvgIpc) is 2.66. The number of methoxy groups -OCH3 is 1. The van der Waals surface area contributed by atoms with Crippen LogP contribution in [0.4, 0.5) is 5.69 Å². The first-order valence-electron chi connectivity index (χ1n) is 4.87. The summed E-state index contributed by atoms with van der Waals surface area (Å²) >= 11 is 6.13. The van der Waals surface area contributed by atoms with Crippen LogP contribution in [0.5, 0.6) is 0 Å². The fourth-order valence-corrected chi connectivity index (χ4v) is 2.19. The molecule has 1 atom stereocenters. The first kappa shape index (κ1) is 9.81. The fraction of sp³-hybridized carbons (Fsp3) is 0.455. The van der Waals surface area contributed by atoms with Gasteiger partial charge in [0.2, 0.25) is 0 Å². The number of benzene rings is 1. The molecular weight excluding hydrogens is 198 g/mol. The van der Waals surface area contributed by atoms with Crippen LogP contribution in [0.25, 0.3) is 0 Å². The van der Waals surface area contributed by atoms with Crippen LogP contribution in [0.15, 0.2) is 24.3 Å². The van der Waals surface area contributed by atoms with Gasteiger partial charge in [-0.15, -0.1) is 0 Å².